The average molecular weight is 312 g/mol. The number of hydrogen-bond donors (Lipinski definition) is 2. The van der Waals surface area contributed by atoms with E-state index in [0.29, 0.717) is 13.0 Å². The number of para-hydroxylation sites is 1. The maximum Gasteiger partial charge on any atom is 0.242 e. The summed E-state index contributed by atoms with van der Waals surface area (Å²) < 4.78 is 1.02. The first-order valence-corrected chi connectivity index (χ1v) is 7.02. The molecule has 1 saturated heterocycles. The Kier molecular flexibility index (Phi) is 4.60. The van der Waals surface area contributed by atoms with Crippen LogP contribution >= 0.6 is 15.9 Å². The second-order valence-corrected chi connectivity index (χ2v) is 5.24. The second kappa shape index (κ2) is 6.20. The van der Waals surface area contributed by atoms with Crippen molar-refractivity contribution in [1.29, 1.82) is 0 Å². The molecular formula is C13H18BrN3O. The highest BCUT2D eigenvalue weighted by molar-refractivity contribution is 9.10. The van der Waals surface area contributed by atoms with Gasteiger partial charge in [-0.05, 0) is 47.4 Å². The van der Waals surface area contributed by atoms with Crippen LogP contribution < -0.4 is 16.0 Å². The van der Waals surface area contributed by atoms with E-state index in [1.165, 1.54) is 0 Å². The summed E-state index contributed by atoms with van der Waals surface area (Å²) in [6, 6.07) is 7.83. The van der Waals surface area contributed by atoms with Gasteiger partial charge in [0, 0.05) is 17.6 Å². The lowest BCUT2D eigenvalue weighted by atomic mass is 10.1. The summed E-state index contributed by atoms with van der Waals surface area (Å²) in [4.78, 5) is 14.2. The van der Waals surface area contributed by atoms with E-state index >= 15 is 0 Å². The van der Waals surface area contributed by atoms with E-state index in [2.05, 4.69) is 26.1 Å². The predicted octanol–water partition coefficient (Wildman–Crippen LogP) is 1.49. The SMILES string of the molecule is NCCC1C(=O)NCCCN1c1ccccc1Br. The van der Waals surface area contributed by atoms with Gasteiger partial charge < -0.3 is 16.0 Å². The number of nitrogens with two attached hydrogens (primary N) is 1. The zero-order valence-corrected chi connectivity index (χ0v) is 11.8. The van der Waals surface area contributed by atoms with Crippen molar-refractivity contribution in [3.8, 4) is 0 Å². The standard InChI is InChI=1S/C13H18BrN3O/c14-10-4-1-2-5-11(10)17-9-3-8-16-13(18)12(17)6-7-15/h1-2,4-5,12H,3,6-9,15H2,(H,16,18). The fourth-order valence-electron chi connectivity index (χ4n) is 2.29. The Morgan fingerprint density at radius 2 is 2.22 bits per heavy atom. The molecule has 1 heterocycles. The van der Waals surface area contributed by atoms with E-state index in [4.69, 9.17) is 5.73 Å². The van der Waals surface area contributed by atoms with Gasteiger partial charge >= 0.3 is 0 Å². The van der Waals surface area contributed by atoms with Gasteiger partial charge in [0.1, 0.15) is 6.04 Å². The van der Waals surface area contributed by atoms with Crippen molar-refractivity contribution in [2.45, 2.75) is 18.9 Å². The summed E-state index contributed by atoms with van der Waals surface area (Å²) >= 11 is 3.55. The lowest BCUT2D eigenvalue weighted by Gasteiger charge is -2.31. The van der Waals surface area contributed by atoms with Gasteiger partial charge in [0.2, 0.25) is 5.91 Å². The quantitative estimate of drug-likeness (QED) is 0.889. The van der Waals surface area contributed by atoms with Gasteiger partial charge in [-0.3, -0.25) is 4.79 Å². The summed E-state index contributed by atoms with van der Waals surface area (Å²) in [5.74, 6) is 0.0775. The van der Waals surface area contributed by atoms with Crippen LogP contribution in [-0.2, 0) is 4.79 Å². The van der Waals surface area contributed by atoms with Crippen LogP contribution in [0.5, 0.6) is 0 Å². The Bertz CT molecular complexity index is 424. The molecule has 0 spiro atoms. The molecule has 3 N–H and O–H groups in total. The minimum atomic E-state index is -0.170. The zero-order valence-electron chi connectivity index (χ0n) is 10.2. The van der Waals surface area contributed by atoms with Crippen LogP contribution in [0.15, 0.2) is 28.7 Å². The number of anilines is 1. The molecule has 5 heteroatoms. The fourth-order valence-corrected chi connectivity index (χ4v) is 2.81. The minimum absolute atomic E-state index is 0.0775. The monoisotopic (exact) mass is 311 g/mol. The molecule has 1 aromatic rings. The summed E-state index contributed by atoms with van der Waals surface area (Å²) in [6.07, 6.45) is 1.63. The van der Waals surface area contributed by atoms with Gasteiger partial charge in [-0.15, -0.1) is 0 Å². The number of carbonyl (C=O) groups is 1. The van der Waals surface area contributed by atoms with Crippen molar-refractivity contribution in [2.75, 3.05) is 24.5 Å². The normalized spacial score (nSPS) is 20.4. The van der Waals surface area contributed by atoms with E-state index < -0.39 is 0 Å². The Labute approximate surface area is 116 Å². The first-order chi connectivity index (χ1) is 8.74. The fraction of sp³-hybridized carbons (Fsp3) is 0.462. The molecule has 0 aromatic heterocycles. The highest BCUT2D eigenvalue weighted by Crippen LogP contribution is 2.28. The van der Waals surface area contributed by atoms with Gasteiger partial charge in [-0.25, -0.2) is 0 Å². The maximum absolute atomic E-state index is 12.1. The van der Waals surface area contributed by atoms with Crippen LogP contribution in [-0.4, -0.2) is 31.6 Å². The van der Waals surface area contributed by atoms with Crippen LogP contribution in [0, 0.1) is 0 Å². The zero-order chi connectivity index (χ0) is 13.0. The number of nitrogens with one attached hydrogen (secondary N) is 1. The third kappa shape index (κ3) is 2.84. The number of benzene rings is 1. The van der Waals surface area contributed by atoms with E-state index in [1.54, 1.807) is 0 Å². The first kappa shape index (κ1) is 13.4. The average Bonchev–Trinajstić information content (AvgIpc) is 2.54. The van der Waals surface area contributed by atoms with Gasteiger partial charge in [0.25, 0.3) is 0 Å². The Hall–Kier alpha value is -1.07. The molecule has 4 nitrogen and oxygen atoms in total. The number of nitrogens with zero attached hydrogens (tertiary/aromatic N) is 1. The molecule has 2 rings (SSSR count). The van der Waals surface area contributed by atoms with Crippen molar-refractivity contribution in [1.82, 2.24) is 5.32 Å². The third-order valence-electron chi connectivity index (χ3n) is 3.16. The minimum Gasteiger partial charge on any atom is -0.359 e. The Balaban J connectivity index is 2.32. The molecule has 0 bridgehead atoms. The van der Waals surface area contributed by atoms with Crippen molar-refractivity contribution in [3.63, 3.8) is 0 Å². The third-order valence-corrected chi connectivity index (χ3v) is 3.83. The highest BCUT2D eigenvalue weighted by atomic mass is 79.9. The summed E-state index contributed by atoms with van der Waals surface area (Å²) in [7, 11) is 0. The number of rotatable bonds is 3. The summed E-state index contributed by atoms with van der Waals surface area (Å²) in [6.45, 7) is 2.12. The van der Waals surface area contributed by atoms with E-state index in [9.17, 15) is 4.79 Å². The van der Waals surface area contributed by atoms with Crippen molar-refractivity contribution in [3.05, 3.63) is 28.7 Å². The maximum atomic E-state index is 12.1. The summed E-state index contributed by atoms with van der Waals surface area (Å²) in [5, 5.41) is 2.95. The molecule has 1 unspecified atom stereocenters. The number of amides is 1. The van der Waals surface area contributed by atoms with E-state index in [1.807, 2.05) is 24.3 Å². The number of halogens is 1. The van der Waals surface area contributed by atoms with Gasteiger partial charge in [0.15, 0.2) is 0 Å². The molecule has 1 amide bonds. The van der Waals surface area contributed by atoms with Crippen LogP contribution in [0.4, 0.5) is 5.69 Å². The molecule has 1 aliphatic heterocycles. The van der Waals surface area contributed by atoms with E-state index in [-0.39, 0.29) is 11.9 Å². The second-order valence-electron chi connectivity index (χ2n) is 4.38. The molecule has 0 aliphatic carbocycles. The van der Waals surface area contributed by atoms with Gasteiger partial charge in [0.05, 0.1) is 5.69 Å². The molecule has 18 heavy (non-hydrogen) atoms. The van der Waals surface area contributed by atoms with Gasteiger partial charge in [-0.1, -0.05) is 12.1 Å². The van der Waals surface area contributed by atoms with Crippen LogP contribution in [0.25, 0.3) is 0 Å². The van der Waals surface area contributed by atoms with Crippen molar-refractivity contribution < 1.29 is 4.79 Å². The lowest BCUT2D eigenvalue weighted by molar-refractivity contribution is -0.122. The molecule has 1 atom stereocenters. The van der Waals surface area contributed by atoms with Crippen molar-refractivity contribution >= 4 is 27.5 Å². The Morgan fingerprint density at radius 3 is 2.94 bits per heavy atom. The molecule has 98 valence electrons. The largest absolute Gasteiger partial charge is 0.359 e. The first-order valence-electron chi connectivity index (χ1n) is 6.23. The summed E-state index contributed by atoms with van der Waals surface area (Å²) in [5.41, 5.74) is 6.70. The molecule has 1 aromatic carbocycles. The Morgan fingerprint density at radius 1 is 1.44 bits per heavy atom. The number of carbonyl (C=O) groups excluding carboxylic acids is 1. The van der Waals surface area contributed by atoms with E-state index in [0.717, 1.165) is 29.7 Å². The molecule has 1 aliphatic rings. The van der Waals surface area contributed by atoms with Crippen molar-refractivity contribution in [2.24, 2.45) is 5.73 Å². The molecule has 0 radical (unpaired) electrons. The molecule has 1 fully saturated rings. The number of hydrogen-bond acceptors (Lipinski definition) is 3. The lowest BCUT2D eigenvalue weighted by Crippen LogP contribution is -2.45. The van der Waals surface area contributed by atoms with Crippen LogP contribution in [0.3, 0.4) is 0 Å². The van der Waals surface area contributed by atoms with Crippen LogP contribution in [0.1, 0.15) is 12.8 Å². The smallest absolute Gasteiger partial charge is 0.242 e. The van der Waals surface area contributed by atoms with Crippen LogP contribution in [0.2, 0.25) is 0 Å². The predicted molar refractivity (Wildman–Crippen MR) is 76.6 cm³/mol. The highest BCUT2D eigenvalue weighted by Gasteiger charge is 2.28. The molecular weight excluding hydrogens is 294 g/mol. The molecule has 0 saturated carbocycles. The van der Waals surface area contributed by atoms with Gasteiger partial charge in [-0.2, -0.15) is 0 Å². The topological polar surface area (TPSA) is 58.4 Å².